The number of rotatable bonds is 9. The Hall–Kier alpha value is -3.17. The molecule has 23 heteroatoms. The third-order valence-electron chi connectivity index (χ3n) is 7.63. The number of benzene rings is 1. The number of alkyl halides is 19. The molecule has 0 unspecified atom stereocenters. The fraction of sp³-hybridized carbons (Fsp3) is 0.667. The molecule has 1 aromatic carbocycles. The van der Waals surface area contributed by atoms with Gasteiger partial charge < -0.3 is 9.80 Å². The fourth-order valence-corrected chi connectivity index (χ4v) is 4.84. The maximum atomic E-state index is 14.7. The van der Waals surface area contributed by atoms with E-state index in [1.807, 2.05) is 0 Å². The molecule has 1 saturated heterocycles. The van der Waals surface area contributed by atoms with Gasteiger partial charge in [0.2, 0.25) is 5.91 Å². The van der Waals surface area contributed by atoms with Crippen molar-refractivity contribution >= 4 is 11.8 Å². The summed E-state index contributed by atoms with van der Waals surface area (Å²) in [5, 5.41) is 0. The minimum atomic E-state index is -9.08. The highest BCUT2D eigenvalue weighted by atomic mass is 19.4. The van der Waals surface area contributed by atoms with E-state index >= 15 is 0 Å². The van der Waals surface area contributed by atoms with Crippen molar-refractivity contribution in [1.82, 2.24) is 9.80 Å². The molecule has 268 valence electrons. The lowest BCUT2D eigenvalue weighted by Gasteiger charge is -2.44. The third kappa shape index (κ3) is 5.23. The Morgan fingerprint density at radius 3 is 1.47 bits per heavy atom. The molecule has 0 bridgehead atoms. The number of likely N-dealkylation sites (tertiary alicyclic amines) is 1. The summed E-state index contributed by atoms with van der Waals surface area (Å²) in [4.78, 5) is 25.7. The molecular weight excluding hydrogens is 709 g/mol. The van der Waals surface area contributed by atoms with Crippen LogP contribution in [-0.4, -0.2) is 94.3 Å². The van der Waals surface area contributed by atoms with Gasteiger partial charge in [-0.3, -0.25) is 9.59 Å². The van der Waals surface area contributed by atoms with Gasteiger partial charge in [0.1, 0.15) is 6.04 Å². The normalized spacial score (nSPS) is 19.6. The van der Waals surface area contributed by atoms with Crippen molar-refractivity contribution in [1.29, 1.82) is 0 Å². The Kier molecular flexibility index (Phi) is 9.12. The maximum Gasteiger partial charge on any atom is 0.460 e. The summed E-state index contributed by atoms with van der Waals surface area (Å²) in [7, 11) is 0. The molecule has 2 amide bonds. The second-order valence-electron chi connectivity index (χ2n) is 10.5. The standard InChI is InChI=1S/C24H17F19N2O2/c25-16(26,15(47)45-8-3-6-13(45)14(46)44-9-7-11-4-1-2-5-12(11)10-44)17(27,28)18(29,30)19(31,32)20(33,34)21(35,36)22(37,38)23(39,40)24(41,42)43/h1-2,4-5,13H,3,6-10H2/t13-/m0/s1. The van der Waals surface area contributed by atoms with E-state index in [9.17, 15) is 93.0 Å². The average molecular weight is 726 g/mol. The first-order valence-electron chi connectivity index (χ1n) is 12.6. The number of carbonyl (C=O) groups is 2. The van der Waals surface area contributed by atoms with E-state index in [1.165, 1.54) is 12.1 Å². The van der Waals surface area contributed by atoms with Gasteiger partial charge in [-0.15, -0.1) is 0 Å². The highest BCUT2D eigenvalue weighted by molar-refractivity contribution is 5.92. The van der Waals surface area contributed by atoms with Crippen molar-refractivity contribution in [2.45, 2.75) is 85.4 Å². The van der Waals surface area contributed by atoms with Crippen molar-refractivity contribution in [3.8, 4) is 0 Å². The molecule has 1 fully saturated rings. The minimum Gasteiger partial charge on any atom is -0.336 e. The Morgan fingerprint density at radius 1 is 0.574 bits per heavy atom. The zero-order valence-corrected chi connectivity index (χ0v) is 22.5. The molecule has 2 aliphatic heterocycles. The second-order valence-corrected chi connectivity index (χ2v) is 10.5. The van der Waals surface area contributed by atoms with Gasteiger partial charge in [0.05, 0.1) is 0 Å². The number of hydrogen-bond donors (Lipinski definition) is 0. The second kappa shape index (κ2) is 11.2. The van der Waals surface area contributed by atoms with Crippen LogP contribution in [0, 0.1) is 0 Å². The summed E-state index contributed by atoms with van der Waals surface area (Å²) < 4.78 is 259. The molecule has 2 heterocycles. The molecule has 3 rings (SSSR count). The molecule has 0 aliphatic carbocycles. The lowest BCUT2D eigenvalue weighted by atomic mass is 9.87. The number of carbonyl (C=O) groups excluding carboxylic acids is 2. The fourth-order valence-electron chi connectivity index (χ4n) is 4.84. The summed E-state index contributed by atoms with van der Waals surface area (Å²) in [5.41, 5.74) is 1.19. The topological polar surface area (TPSA) is 40.6 Å². The largest absolute Gasteiger partial charge is 0.460 e. The monoisotopic (exact) mass is 726 g/mol. The Labute approximate surface area is 249 Å². The van der Waals surface area contributed by atoms with Crippen LogP contribution in [0.3, 0.4) is 0 Å². The Bertz CT molecular complexity index is 1370. The zero-order chi connectivity index (χ0) is 36.6. The van der Waals surface area contributed by atoms with Crippen LogP contribution in [0.5, 0.6) is 0 Å². The van der Waals surface area contributed by atoms with Gasteiger partial charge in [-0.05, 0) is 30.4 Å². The van der Waals surface area contributed by atoms with E-state index in [4.69, 9.17) is 0 Å². The van der Waals surface area contributed by atoms with Gasteiger partial charge in [-0.25, -0.2) is 0 Å². The molecule has 4 nitrogen and oxygen atoms in total. The van der Waals surface area contributed by atoms with Gasteiger partial charge in [0.15, 0.2) is 0 Å². The molecule has 0 saturated carbocycles. The van der Waals surface area contributed by atoms with E-state index in [0.717, 1.165) is 4.90 Å². The van der Waals surface area contributed by atoms with Crippen LogP contribution in [0.1, 0.15) is 24.0 Å². The van der Waals surface area contributed by atoms with Crippen LogP contribution in [0.2, 0.25) is 0 Å². The minimum absolute atomic E-state index is 0.130. The first-order valence-corrected chi connectivity index (χ1v) is 12.6. The van der Waals surface area contributed by atoms with Crippen LogP contribution in [-0.2, 0) is 22.6 Å². The number of fused-ring (bicyclic) bond motifs is 1. The molecule has 1 aromatic rings. The number of amides is 2. The van der Waals surface area contributed by atoms with Crippen molar-refractivity contribution in [3.63, 3.8) is 0 Å². The van der Waals surface area contributed by atoms with Crippen LogP contribution in [0.15, 0.2) is 24.3 Å². The molecule has 0 radical (unpaired) electrons. The SMILES string of the molecule is O=C([C@@H]1CCCN1C(=O)C(F)(F)C(F)(F)C(F)(F)C(F)(F)C(F)(F)C(F)(F)C(F)(F)C(F)(F)C(F)(F)F)N1CCc2ccccc2C1. The number of nitrogens with zero attached hydrogens (tertiary/aromatic N) is 2. The summed E-state index contributed by atoms with van der Waals surface area (Å²) >= 11 is 0. The van der Waals surface area contributed by atoms with E-state index in [0.29, 0.717) is 11.1 Å². The molecule has 47 heavy (non-hydrogen) atoms. The molecule has 0 aromatic heterocycles. The molecule has 2 aliphatic rings. The van der Waals surface area contributed by atoms with Crippen LogP contribution >= 0.6 is 0 Å². The van der Waals surface area contributed by atoms with Gasteiger partial charge in [0, 0.05) is 19.6 Å². The summed E-state index contributed by atoms with van der Waals surface area (Å²) in [6.45, 7) is -1.58. The first kappa shape index (κ1) is 38.3. The van der Waals surface area contributed by atoms with Gasteiger partial charge >= 0.3 is 59.5 Å². The van der Waals surface area contributed by atoms with Crippen LogP contribution in [0.25, 0.3) is 0 Å². The number of halogens is 19. The quantitative estimate of drug-likeness (QED) is 0.253. The summed E-state index contributed by atoms with van der Waals surface area (Å²) in [6.07, 6.45) is -8.99. The van der Waals surface area contributed by atoms with E-state index in [-0.39, 0.29) is 19.5 Å². The van der Waals surface area contributed by atoms with Crippen molar-refractivity contribution in [3.05, 3.63) is 35.4 Å². The number of hydrogen-bond acceptors (Lipinski definition) is 2. The maximum absolute atomic E-state index is 14.7. The molecular formula is C24H17F19N2O2. The first-order chi connectivity index (χ1) is 20.9. The lowest BCUT2D eigenvalue weighted by molar-refractivity contribution is -0.467. The zero-order valence-electron chi connectivity index (χ0n) is 22.5. The van der Waals surface area contributed by atoms with Crippen LogP contribution < -0.4 is 0 Å². The molecule has 1 atom stereocenters. The van der Waals surface area contributed by atoms with Crippen molar-refractivity contribution in [2.75, 3.05) is 13.1 Å². The highest BCUT2D eigenvalue weighted by Crippen LogP contribution is 2.65. The van der Waals surface area contributed by atoms with Crippen LogP contribution in [0.4, 0.5) is 83.4 Å². The van der Waals surface area contributed by atoms with E-state index < -0.39 is 95.7 Å². The molecule has 0 spiro atoms. The predicted octanol–water partition coefficient (Wildman–Crippen LogP) is 7.21. The van der Waals surface area contributed by atoms with Gasteiger partial charge in [0.25, 0.3) is 0 Å². The van der Waals surface area contributed by atoms with Gasteiger partial charge in [-0.1, -0.05) is 24.3 Å². The average Bonchev–Trinajstić information content (AvgIpc) is 3.44. The van der Waals surface area contributed by atoms with Crippen molar-refractivity contribution in [2.24, 2.45) is 0 Å². The lowest BCUT2D eigenvalue weighted by Crippen LogP contribution is -2.76. The Balaban J connectivity index is 1.97. The summed E-state index contributed by atoms with van der Waals surface area (Å²) in [6, 6.07) is 4.07. The summed E-state index contributed by atoms with van der Waals surface area (Å²) in [5.74, 6) is -73.6. The van der Waals surface area contributed by atoms with Crippen molar-refractivity contribution < 1.29 is 93.0 Å². The predicted molar refractivity (Wildman–Crippen MR) is 116 cm³/mol. The van der Waals surface area contributed by atoms with E-state index in [2.05, 4.69) is 0 Å². The van der Waals surface area contributed by atoms with Gasteiger partial charge in [-0.2, -0.15) is 83.4 Å². The third-order valence-corrected chi connectivity index (χ3v) is 7.63. The molecule has 0 N–H and O–H groups in total. The Morgan fingerprint density at radius 2 is 1.00 bits per heavy atom. The van der Waals surface area contributed by atoms with E-state index in [1.54, 1.807) is 12.1 Å². The smallest absolute Gasteiger partial charge is 0.336 e. The highest BCUT2D eigenvalue weighted by Gasteiger charge is 2.97.